The number of nitrogens with one attached hydrogen (secondary N) is 1. The first-order valence-corrected chi connectivity index (χ1v) is 8.39. The number of hydrogen-bond donors (Lipinski definition) is 1. The summed E-state index contributed by atoms with van der Waals surface area (Å²) in [5, 5.41) is 3.27. The molecule has 1 N–H and O–H groups in total. The van der Waals surface area contributed by atoms with Gasteiger partial charge in [0.1, 0.15) is 5.76 Å². The highest BCUT2D eigenvalue weighted by Gasteiger charge is 2.19. The zero-order valence-corrected chi connectivity index (χ0v) is 16.0. The van der Waals surface area contributed by atoms with Crippen LogP contribution in [0.4, 0.5) is 5.69 Å². The molecular weight excluding hydrogens is 470 g/mol. The lowest BCUT2D eigenvalue weighted by atomic mass is 10.1. The number of esters is 1. The maximum absolute atomic E-state index is 11.9. The fourth-order valence-corrected chi connectivity index (χ4v) is 3.50. The van der Waals surface area contributed by atoms with Crippen LogP contribution >= 0.6 is 47.8 Å². The lowest BCUT2D eigenvalue weighted by Crippen LogP contribution is -2.12. The Balaban J connectivity index is 2.36. The predicted molar refractivity (Wildman–Crippen MR) is 91.6 cm³/mol. The Kier molecular flexibility index (Phi) is 5.51. The summed E-state index contributed by atoms with van der Waals surface area (Å²) in [6.45, 7) is 1.95. The fourth-order valence-electron chi connectivity index (χ4n) is 1.84. The van der Waals surface area contributed by atoms with Gasteiger partial charge in [-0.25, -0.2) is 4.79 Å². The van der Waals surface area contributed by atoms with E-state index in [1.165, 1.54) is 7.11 Å². The maximum Gasteiger partial charge on any atom is 0.340 e. The molecule has 0 saturated heterocycles. The Bertz CT molecular complexity index is 669. The molecule has 2 rings (SSSR count). The van der Waals surface area contributed by atoms with Gasteiger partial charge in [-0.2, -0.15) is 0 Å². The molecule has 21 heavy (non-hydrogen) atoms. The number of methoxy groups -OCH3 is 1. The van der Waals surface area contributed by atoms with Gasteiger partial charge in [0.05, 0.1) is 24.4 Å². The van der Waals surface area contributed by atoms with Gasteiger partial charge in [-0.1, -0.05) is 15.9 Å². The highest BCUT2D eigenvalue weighted by Crippen LogP contribution is 2.34. The van der Waals surface area contributed by atoms with E-state index in [9.17, 15) is 4.79 Å². The molecule has 7 heteroatoms. The summed E-state index contributed by atoms with van der Waals surface area (Å²) in [5.41, 5.74) is 1.10. The van der Waals surface area contributed by atoms with Crippen LogP contribution in [0.3, 0.4) is 0 Å². The van der Waals surface area contributed by atoms with Crippen LogP contribution in [-0.4, -0.2) is 13.1 Å². The van der Waals surface area contributed by atoms with Crippen LogP contribution < -0.4 is 5.32 Å². The van der Waals surface area contributed by atoms with Crippen LogP contribution in [0.2, 0.25) is 0 Å². The van der Waals surface area contributed by atoms with E-state index in [0.29, 0.717) is 15.9 Å². The van der Waals surface area contributed by atoms with Crippen LogP contribution in [0.25, 0.3) is 0 Å². The fraction of sp³-hybridized carbons (Fsp3) is 0.214. The van der Waals surface area contributed by atoms with E-state index < -0.39 is 5.97 Å². The summed E-state index contributed by atoms with van der Waals surface area (Å²) < 4.78 is 12.6. The van der Waals surface area contributed by atoms with E-state index in [4.69, 9.17) is 9.15 Å². The topological polar surface area (TPSA) is 51.5 Å². The molecule has 0 spiro atoms. The van der Waals surface area contributed by atoms with Gasteiger partial charge in [-0.15, -0.1) is 0 Å². The van der Waals surface area contributed by atoms with Crippen LogP contribution in [-0.2, 0) is 4.74 Å². The van der Waals surface area contributed by atoms with E-state index in [2.05, 4.69) is 53.1 Å². The summed E-state index contributed by atoms with van der Waals surface area (Å²) in [6, 6.07) is 7.15. The SMILES string of the molecule is COC(=O)c1cc(Br)cc(Br)c1NC(C)c1ccc(Br)o1. The number of anilines is 1. The van der Waals surface area contributed by atoms with Gasteiger partial charge >= 0.3 is 5.97 Å². The van der Waals surface area contributed by atoms with E-state index in [1.807, 2.05) is 25.1 Å². The minimum atomic E-state index is -0.410. The third-order valence-corrected chi connectivity index (χ3v) is 4.35. The molecule has 1 aromatic carbocycles. The third-order valence-electron chi connectivity index (χ3n) is 2.84. The molecule has 2 aromatic rings. The quantitative estimate of drug-likeness (QED) is 0.584. The number of furan rings is 1. The first kappa shape index (κ1) is 16.6. The first-order chi connectivity index (χ1) is 9.92. The summed E-state index contributed by atoms with van der Waals surface area (Å²) in [4.78, 5) is 11.9. The number of hydrogen-bond acceptors (Lipinski definition) is 4. The first-order valence-electron chi connectivity index (χ1n) is 6.01. The van der Waals surface area contributed by atoms with Crippen molar-refractivity contribution in [1.29, 1.82) is 0 Å². The summed E-state index contributed by atoms with van der Waals surface area (Å²) in [5.74, 6) is 0.347. The van der Waals surface area contributed by atoms with Gasteiger partial charge in [-0.3, -0.25) is 0 Å². The second kappa shape index (κ2) is 6.98. The van der Waals surface area contributed by atoms with Crippen molar-refractivity contribution in [3.8, 4) is 0 Å². The average Bonchev–Trinajstić information content (AvgIpc) is 2.87. The van der Waals surface area contributed by atoms with Crippen molar-refractivity contribution < 1.29 is 13.9 Å². The van der Waals surface area contributed by atoms with Gasteiger partial charge in [0.15, 0.2) is 4.67 Å². The Morgan fingerprint density at radius 1 is 1.29 bits per heavy atom. The highest BCUT2D eigenvalue weighted by molar-refractivity contribution is 9.11. The minimum Gasteiger partial charge on any atom is -0.465 e. The monoisotopic (exact) mass is 479 g/mol. The maximum atomic E-state index is 11.9. The smallest absolute Gasteiger partial charge is 0.340 e. The molecule has 0 aliphatic carbocycles. The zero-order chi connectivity index (χ0) is 15.6. The van der Waals surface area contributed by atoms with Crippen LogP contribution in [0.1, 0.15) is 29.1 Å². The molecule has 1 unspecified atom stereocenters. The normalized spacial score (nSPS) is 12.0. The Morgan fingerprint density at radius 2 is 2.00 bits per heavy atom. The predicted octanol–water partition coefficient (Wildman–Crippen LogP) is 5.53. The van der Waals surface area contributed by atoms with Crippen molar-refractivity contribution in [1.82, 2.24) is 0 Å². The molecule has 0 fully saturated rings. The van der Waals surface area contributed by atoms with Gasteiger partial charge in [0, 0.05) is 8.95 Å². The number of halogens is 3. The van der Waals surface area contributed by atoms with Gasteiger partial charge in [-0.05, 0) is 63.0 Å². The average molecular weight is 482 g/mol. The van der Waals surface area contributed by atoms with E-state index >= 15 is 0 Å². The number of carbonyl (C=O) groups excluding carboxylic acids is 1. The van der Waals surface area contributed by atoms with Gasteiger partial charge in [0.2, 0.25) is 0 Å². The summed E-state index contributed by atoms with van der Waals surface area (Å²) in [6.07, 6.45) is 0. The molecule has 4 nitrogen and oxygen atoms in total. The molecule has 1 heterocycles. The van der Waals surface area contributed by atoms with Crippen LogP contribution in [0.15, 0.2) is 42.3 Å². The Labute approximate surface area is 147 Å². The number of carbonyl (C=O) groups is 1. The molecule has 1 atom stereocenters. The summed E-state index contributed by atoms with van der Waals surface area (Å²) >= 11 is 10.1. The molecular formula is C14H12Br3NO3. The number of ether oxygens (including phenoxy) is 1. The van der Waals surface area contributed by atoms with Crippen LogP contribution in [0.5, 0.6) is 0 Å². The standard InChI is InChI=1S/C14H12Br3NO3/c1-7(11-3-4-12(17)21-11)18-13-9(14(19)20-2)5-8(15)6-10(13)16/h3-7,18H,1-2H3. The van der Waals surface area contributed by atoms with Crippen molar-refractivity contribution in [2.45, 2.75) is 13.0 Å². The van der Waals surface area contributed by atoms with Gasteiger partial charge < -0.3 is 14.5 Å². The molecule has 1 aromatic heterocycles. The van der Waals surface area contributed by atoms with Crippen LogP contribution in [0, 0.1) is 0 Å². The molecule has 0 aliphatic heterocycles. The molecule has 112 valence electrons. The van der Waals surface area contributed by atoms with Gasteiger partial charge in [0.25, 0.3) is 0 Å². The van der Waals surface area contributed by atoms with Crippen molar-refractivity contribution in [3.05, 3.63) is 49.2 Å². The molecule has 0 radical (unpaired) electrons. The number of benzene rings is 1. The van der Waals surface area contributed by atoms with Crippen molar-refractivity contribution in [2.24, 2.45) is 0 Å². The van der Waals surface area contributed by atoms with Crippen molar-refractivity contribution in [2.75, 3.05) is 12.4 Å². The Hall–Kier alpha value is -0.790. The number of rotatable bonds is 4. The van der Waals surface area contributed by atoms with E-state index in [0.717, 1.165) is 14.7 Å². The highest BCUT2D eigenvalue weighted by atomic mass is 79.9. The minimum absolute atomic E-state index is 0.114. The molecule has 0 bridgehead atoms. The molecule has 0 saturated carbocycles. The largest absolute Gasteiger partial charge is 0.465 e. The third kappa shape index (κ3) is 3.90. The lowest BCUT2D eigenvalue weighted by Gasteiger charge is -2.17. The molecule has 0 aliphatic rings. The lowest BCUT2D eigenvalue weighted by molar-refractivity contribution is 0.0601. The van der Waals surface area contributed by atoms with E-state index in [1.54, 1.807) is 6.07 Å². The zero-order valence-electron chi connectivity index (χ0n) is 11.2. The van der Waals surface area contributed by atoms with Crippen molar-refractivity contribution >= 4 is 59.4 Å². The van der Waals surface area contributed by atoms with E-state index in [-0.39, 0.29) is 6.04 Å². The summed E-state index contributed by atoms with van der Waals surface area (Å²) in [7, 11) is 1.36. The van der Waals surface area contributed by atoms with Crippen molar-refractivity contribution in [3.63, 3.8) is 0 Å². The molecule has 0 amide bonds. The second-order valence-electron chi connectivity index (χ2n) is 4.31. The second-order valence-corrected chi connectivity index (χ2v) is 6.86. The Morgan fingerprint density at radius 3 is 2.57 bits per heavy atom.